The van der Waals surface area contributed by atoms with Crippen molar-refractivity contribution in [1.29, 1.82) is 0 Å². The Hall–Kier alpha value is -0.890. The quantitative estimate of drug-likeness (QED) is 0.771. The van der Waals surface area contributed by atoms with Gasteiger partial charge in [-0.3, -0.25) is 0 Å². The number of aliphatic hydroxyl groups is 1. The SMILES string of the molecule is Cc1c(F)cccc1[C@@](C)(O)C(C)C. The summed E-state index contributed by atoms with van der Waals surface area (Å²) in [6.45, 7) is 7.26. The number of halogens is 1. The largest absolute Gasteiger partial charge is 0.385 e. The van der Waals surface area contributed by atoms with E-state index in [1.54, 1.807) is 26.0 Å². The van der Waals surface area contributed by atoms with Crippen LogP contribution in [-0.4, -0.2) is 5.11 Å². The monoisotopic (exact) mass is 196 g/mol. The van der Waals surface area contributed by atoms with Gasteiger partial charge in [0.1, 0.15) is 5.82 Å². The van der Waals surface area contributed by atoms with E-state index in [1.165, 1.54) is 6.07 Å². The van der Waals surface area contributed by atoms with E-state index in [1.807, 2.05) is 13.8 Å². The lowest BCUT2D eigenvalue weighted by Gasteiger charge is -2.29. The molecule has 1 N–H and O–H groups in total. The van der Waals surface area contributed by atoms with Gasteiger partial charge in [0.2, 0.25) is 0 Å². The third-order valence-electron chi connectivity index (χ3n) is 2.94. The third-order valence-corrected chi connectivity index (χ3v) is 2.94. The molecule has 0 amide bonds. The number of hydrogen-bond donors (Lipinski definition) is 1. The van der Waals surface area contributed by atoms with Crippen LogP contribution >= 0.6 is 0 Å². The van der Waals surface area contributed by atoms with Gasteiger partial charge in [-0.05, 0) is 37.0 Å². The van der Waals surface area contributed by atoms with Crippen molar-refractivity contribution in [3.63, 3.8) is 0 Å². The zero-order valence-corrected chi connectivity index (χ0v) is 9.13. The molecule has 0 aliphatic heterocycles. The molecule has 0 aromatic heterocycles. The van der Waals surface area contributed by atoms with Crippen molar-refractivity contribution >= 4 is 0 Å². The number of rotatable bonds is 2. The Balaban J connectivity index is 3.26. The molecule has 0 unspecified atom stereocenters. The first kappa shape index (κ1) is 11.2. The van der Waals surface area contributed by atoms with E-state index in [0.717, 1.165) is 0 Å². The summed E-state index contributed by atoms with van der Waals surface area (Å²) in [6, 6.07) is 4.82. The van der Waals surface area contributed by atoms with Crippen LogP contribution in [0.4, 0.5) is 4.39 Å². The van der Waals surface area contributed by atoms with Gasteiger partial charge in [-0.25, -0.2) is 4.39 Å². The highest BCUT2D eigenvalue weighted by atomic mass is 19.1. The zero-order chi connectivity index (χ0) is 10.9. The fourth-order valence-electron chi connectivity index (χ4n) is 1.47. The van der Waals surface area contributed by atoms with E-state index in [2.05, 4.69) is 0 Å². The van der Waals surface area contributed by atoms with Crippen LogP contribution in [0.1, 0.15) is 31.9 Å². The first-order valence-electron chi connectivity index (χ1n) is 4.85. The van der Waals surface area contributed by atoms with Gasteiger partial charge < -0.3 is 5.11 Å². The molecule has 0 aliphatic rings. The maximum absolute atomic E-state index is 13.3. The molecule has 0 saturated heterocycles. The molecule has 14 heavy (non-hydrogen) atoms. The fraction of sp³-hybridized carbons (Fsp3) is 0.500. The van der Waals surface area contributed by atoms with Crippen molar-refractivity contribution in [2.45, 2.75) is 33.3 Å². The Morgan fingerprint density at radius 1 is 1.36 bits per heavy atom. The van der Waals surface area contributed by atoms with Crippen molar-refractivity contribution < 1.29 is 9.50 Å². The van der Waals surface area contributed by atoms with Gasteiger partial charge in [-0.1, -0.05) is 26.0 Å². The fourth-order valence-corrected chi connectivity index (χ4v) is 1.47. The molecule has 1 rings (SSSR count). The summed E-state index contributed by atoms with van der Waals surface area (Å²) in [5.41, 5.74) is 0.241. The highest BCUT2D eigenvalue weighted by Crippen LogP contribution is 2.31. The van der Waals surface area contributed by atoms with E-state index in [9.17, 15) is 9.50 Å². The molecule has 0 aliphatic carbocycles. The molecule has 0 fully saturated rings. The average molecular weight is 196 g/mol. The second-order valence-electron chi connectivity index (χ2n) is 4.21. The van der Waals surface area contributed by atoms with Gasteiger partial charge in [-0.15, -0.1) is 0 Å². The van der Waals surface area contributed by atoms with E-state index >= 15 is 0 Å². The summed E-state index contributed by atoms with van der Waals surface area (Å²) in [5.74, 6) is -0.202. The second kappa shape index (κ2) is 3.70. The normalized spacial score (nSPS) is 15.6. The Morgan fingerprint density at radius 2 is 1.93 bits per heavy atom. The van der Waals surface area contributed by atoms with Crippen LogP contribution in [0.3, 0.4) is 0 Å². The zero-order valence-electron chi connectivity index (χ0n) is 9.13. The van der Waals surface area contributed by atoms with Crippen LogP contribution in [-0.2, 0) is 5.60 Å². The molecule has 0 bridgehead atoms. The smallest absolute Gasteiger partial charge is 0.126 e. The Morgan fingerprint density at radius 3 is 2.43 bits per heavy atom. The van der Waals surface area contributed by atoms with Crippen LogP contribution in [0.15, 0.2) is 18.2 Å². The van der Waals surface area contributed by atoms with Crippen LogP contribution in [0, 0.1) is 18.7 Å². The molecule has 0 heterocycles. The summed E-state index contributed by atoms with van der Waals surface area (Å²) < 4.78 is 13.3. The van der Waals surface area contributed by atoms with Crippen molar-refractivity contribution in [3.05, 3.63) is 35.1 Å². The lowest BCUT2D eigenvalue weighted by atomic mass is 9.83. The van der Waals surface area contributed by atoms with Crippen LogP contribution in [0.25, 0.3) is 0 Å². The molecule has 1 aromatic rings. The van der Waals surface area contributed by atoms with Gasteiger partial charge in [0.15, 0.2) is 0 Å². The molecular formula is C12H17FO. The van der Waals surface area contributed by atoms with Gasteiger partial charge in [0.05, 0.1) is 5.60 Å². The summed E-state index contributed by atoms with van der Waals surface area (Å²) in [4.78, 5) is 0. The molecular weight excluding hydrogens is 179 g/mol. The molecule has 1 aromatic carbocycles. The van der Waals surface area contributed by atoms with Gasteiger partial charge in [0, 0.05) is 0 Å². The Labute approximate surface area is 84.6 Å². The lowest BCUT2D eigenvalue weighted by molar-refractivity contribution is 0.00815. The highest BCUT2D eigenvalue weighted by molar-refractivity contribution is 5.32. The van der Waals surface area contributed by atoms with E-state index in [4.69, 9.17) is 0 Å². The second-order valence-corrected chi connectivity index (χ2v) is 4.21. The summed E-state index contributed by atoms with van der Waals surface area (Å²) >= 11 is 0. The molecule has 1 nitrogen and oxygen atoms in total. The van der Waals surface area contributed by atoms with E-state index < -0.39 is 5.60 Å². The molecule has 1 atom stereocenters. The van der Waals surface area contributed by atoms with Crippen molar-refractivity contribution in [1.82, 2.24) is 0 Å². The minimum atomic E-state index is -0.966. The van der Waals surface area contributed by atoms with Gasteiger partial charge in [0.25, 0.3) is 0 Å². The van der Waals surface area contributed by atoms with Crippen molar-refractivity contribution in [2.75, 3.05) is 0 Å². The van der Waals surface area contributed by atoms with Crippen LogP contribution in [0.2, 0.25) is 0 Å². The van der Waals surface area contributed by atoms with E-state index in [0.29, 0.717) is 11.1 Å². The van der Waals surface area contributed by atoms with Crippen molar-refractivity contribution in [3.8, 4) is 0 Å². The highest BCUT2D eigenvalue weighted by Gasteiger charge is 2.29. The molecule has 78 valence electrons. The summed E-state index contributed by atoms with van der Waals surface area (Å²) in [6.07, 6.45) is 0. The summed E-state index contributed by atoms with van der Waals surface area (Å²) in [5, 5.41) is 10.2. The number of benzene rings is 1. The first-order valence-corrected chi connectivity index (χ1v) is 4.85. The maximum Gasteiger partial charge on any atom is 0.126 e. The third kappa shape index (κ3) is 1.80. The predicted octanol–water partition coefficient (Wildman–Crippen LogP) is 3.00. The first-order chi connectivity index (χ1) is 6.37. The molecule has 0 radical (unpaired) electrons. The number of hydrogen-bond acceptors (Lipinski definition) is 1. The van der Waals surface area contributed by atoms with Crippen LogP contribution in [0.5, 0.6) is 0 Å². The molecule has 0 saturated carbocycles. The molecule has 2 heteroatoms. The van der Waals surface area contributed by atoms with E-state index in [-0.39, 0.29) is 11.7 Å². The Kier molecular flexibility index (Phi) is 2.95. The standard InChI is InChI=1S/C12H17FO/c1-8(2)12(4,14)10-6-5-7-11(13)9(10)3/h5-8,14H,1-4H3/t12-/m0/s1. The average Bonchev–Trinajstić information content (AvgIpc) is 2.09. The topological polar surface area (TPSA) is 20.2 Å². The van der Waals surface area contributed by atoms with Gasteiger partial charge in [-0.2, -0.15) is 0 Å². The summed E-state index contributed by atoms with van der Waals surface area (Å²) in [7, 11) is 0. The predicted molar refractivity (Wildman–Crippen MR) is 55.5 cm³/mol. The van der Waals surface area contributed by atoms with Crippen molar-refractivity contribution in [2.24, 2.45) is 5.92 Å². The van der Waals surface area contributed by atoms with Gasteiger partial charge >= 0.3 is 0 Å². The van der Waals surface area contributed by atoms with Crippen LogP contribution < -0.4 is 0 Å². The minimum absolute atomic E-state index is 0.0583. The lowest BCUT2D eigenvalue weighted by Crippen LogP contribution is -2.29. The Bertz CT molecular complexity index is 329. The minimum Gasteiger partial charge on any atom is -0.385 e. The molecule has 0 spiro atoms. The maximum atomic E-state index is 13.3.